The largest absolute Gasteiger partial charge is 0.284 e. The molecule has 0 saturated carbocycles. The molecular formula is C38H23N3S. The molecule has 5 aromatic carbocycles. The van der Waals surface area contributed by atoms with Crippen LogP contribution in [0.2, 0.25) is 0 Å². The lowest BCUT2D eigenvalue weighted by Gasteiger charge is -2.10. The topological polar surface area (TPSA) is 30.2 Å². The lowest BCUT2D eigenvalue weighted by molar-refractivity contribution is 1.19. The van der Waals surface area contributed by atoms with Crippen molar-refractivity contribution in [1.29, 1.82) is 0 Å². The minimum atomic E-state index is 0.879. The molecule has 0 aliphatic carbocycles. The van der Waals surface area contributed by atoms with Gasteiger partial charge in [0.25, 0.3) is 0 Å². The van der Waals surface area contributed by atoms with E-state index >= 15 is 0 Å². The lowest BCUT2D eigenvalue weighted by Crippen LogP contribution is -1.92. The number of pyridine rings is 2. The summed E-state index contributed by atoms with van der Waals surface area (Å²) in [5.41, 5.74) is 9.59. The zero-order valence-corrected chi connectivity index (χ0v) is 23.3. The number of aromatic nitrogens is 3. The molecule has 0 amide bonds. The van der Waals surface area contributed by atoms with Gasteiger partial charge in [-0.05, 0) is 58.7 Å². The Kier molecular flexibility index (Phi) is 5.07. The van der Waals surface area contributed by atoms with E-state index in [1.54, 1.807) is 0 Å². The highest BCUT2D eigenvalue weighted by Gasteiger charge is 2.15. The molecule has 42 heavy (non-hydrogen) atoms. The number of fused-ring (bicyclic) bond motifs is 8. The summed E-state index contributed by atoms with van der Waals surface area (Å²) in [5, 5.41) is 4.88. The van der Waals surface area contributed by atoms with Gasteiger partial charge in [0.15, 0.2) is 5.65 Å². The third-order valence-corrected chi connectivity index (χ3v) is 9.38. The number of hydrogen-bond donors (Lipinski definition) is 0. The average Bonchev–Trinajstić information content (AvgIpc) is 3.63. The Bertz CT molecular complexity index is 2470. The molecule has 4 aromatic heterocycles. The molecule has 0 N–H and O–H groups in total. The first-order chi connectivity index (χ1) is 20.8. The van der Waals surface area contributed by atoms with Crippen molar-refractivity contribution in [1.82, 2.24) is 14.4 Å². The molecule has 0 atom stereocenters. The zero-order valence-electron chi connectivity index (χ0n) is 22.5. The van der Waals surface area contributed by atoms with E-state index in [0.29, 0.717) is 0 Å². The summed E-state index contributed by atoms with van der Waals surface area (Å²) in [7, 11) is 0. The van der Waals surface area contributed by atoms with E-state index in [2.05, 4.69) is 120 Å². The standard InChI is InChI=1S/C38H23N3S/c1-2-12-31-30(11-1)36(40-38-37(31)39-35-14-5-6-21-41(35)38)28-9-7-8-26(22-28)24-15-17-25(18-16-24)27-19-20-34-32(23-27)29-10-3-4-13-33(29)42-34/h1-23H. The Morgan fingerprint density at radius 2 is 1.12 bits per heavy atom. The van der Waals surface area contributed by atoms with Crippen molar-refractivity contribution < 1.29 is 0 Å². The fourth-order valence-electron chi connectivity index (χ4n) is 6.16. The normalized spacial score (nSPS) is 11.8. The summed E-state index contributed by atoms with van der Waals surface area (Å²) >= 11 is 1.86. The average molecular weight is 554 g/mol. The highest BCUT2D eigenvalue weighted by molar-refractivity contribution is 7.25. The van der Waals surface area contributed by atoms with Crippen LogP contribution in [0.15, 0.2) is 140 Å². The van der Waals surface area contributed by atoms with E-state index in [1.165, 1.54) is 42.4 Å². The van der Waals surface area contributed by atoms with Crippen LogP contribution >= 0.6 is 11.3 Å². The summed E-state index contributed by atoms with van der Waals surface area (Å²) in [6, 6.07) is 47.6. The fraction of sp³-hybridized carbons (Fsp3) is 0. The molecule has 196 valence electrons. The van der Waals surface area contributed by atoms with Gasteiger partial charge >= 0.3 is 0 Å². The van der Waals surface area contributed by atoms with Gasteiger partial charge in [-0.3, -0.25) is 4.40 Å². The van der Waals surface area contributed by atoms with Crippen LogP contribution in [-0.4, -0.2) is 14.4 Å². The minimum absolute atomic E-state index is 0.879. The first-order valence-electron chi connectivity index (χ1n) is 14.1. The zero-order chi connectivity index (χ0) is 27.6. The van der Waals surface area contributed by atoms with Gasteiger partial charge in [-0.1, -0.05) is 97.1 Å². The van der Waals surface area contributed by atoms with Crippen LogP contribution in [0.3, 0.4) is 0 Å². The fourth-order valence-corrected chi connectivity index (χ4v) is 7.25. The highest BCUT2D eigenvalue weighted by Crippen LogP contribution is 2.37. The van der Waals surface area contributed by atoms with Crippen LogP contribution in [-0.2, 0) is 0 Å². The Morgan fingerprint density at radius 1 is 0.452 bits per heavy atom. The first kappa shape index (κ1) is 23.4. The molecule has 9 aromatic rings. The third-order valence-electron chi connectivity index (χ3n) is 8.22. The Labute approximate surface area is 246 Å². The van der Waals surface area contributed by atoms with Crippen LogP contribution in [0.1, 0.15) is 0 Å². The second kappa shape index (κ2) is 9.10. The van der Waals surface area contributed by atoms with Gasteiger partial charge in [0.2, 0.25) is 0 Å². The Morgan fingerprint density at radius 3 is 1.98 bits per heavy atom. The van der Waals surface area contributed by atoms with Crippen molar-refractivity contribution in [3.05, 3.63) is 140 Å². The molecule has 0 unspecified atom stereocenters. The van der Waals surface area contributed by atoms with E-state index in [9.17, 15) is 0 Å². The third kappa shape index (κ3) is 3.59. The van der Waals surface area contributed by atoms with Crippen molar-refractivity contribution in [3.63, 3.8) is 0 Å². The van der Waals surface area contributed by atoms with Crippen molar-refractivity contribution in [2.45, 2.75) is 0 Å². The Balaban J connectivity index is 1.13. The smallest absolute Gasteiger partial charge is 0.165 e. The van der Waals surface area contributed by atoms with E-state index < -0.39 is 0 Å². The maximum absolute atomic E-state index is 5.19. The predicted molar refractivity (Wildman–Crippen MR) is 177 cm³/mol. The summed E-state index contributed by atoms with van der Waals surface area (Å²) in [4.78, 5) is 10.1. The molecule has 3 nitrogen and oxygen atoms in total. The number of rotatable bonds is 3. The van der Waals surface area contributed by atoms with E-state index in [-0.39, 0.29) is 0 Å². The van der Waals surface area contributed by atoms with Gasteiger partial charge in [-0.2, -0.15) is 0 Å². The maximum Gasteiger partial charge on any atom is 0.165 e. The van der Waals surface area contributed by atoms with E-state index in [4.69, 9.17) is 9.97 Å². The number of thiophene rings is 1. The second-order valence-corrected chi connectivity index (χ2v) is 11.8. The molecule has 4 heteroatoms. The molecule has 0 saturated heterocycles. The van der Waals surface area contributed by atoms with Gasteiger partial charge < -0.3 is 0 Å². The highest BCUT2D eigenvalue weighted by atomic mass is 32.1. The summed E-state index contributed by atoms with van der Waals surface area (Å²) < 4.78 is 4.74. The van der Waals surface area contributed by atoms with E-state index in [0.717, 1.165) is 38.8 Å². The van der Waals surface area contributed by atoms with Crippen molar-refractivity contribution in [3.8, 4) is 33.5 Å². The molecular weight excluding hydrogens is 531 g/mol. The van der Waals surface area contributed by atoms with Crippen molar-refractivity contribution in [2.24, 2.45) is 0 Å². The predicted octanol–water partition coefficient (Wildman–Crippen LogP) is 10.4. The number of imidazole rings is 1. The molecule has 9 rings (SSSR count). The van der Waals surface area contributed by atoms with Gasteiger partial charge in [0, 0.05) is 42.7 Å². The number of hydrogen-bond acceptors (Lipinski definition) is 3. The molecule has 0 radical (unpaired) electrons. The van der Waals surface area contributed by atoms with Crippen LogP contribution < -0.4 is 0 Å². The molecule has 4 heterocycles. The van der Waals surface area contributed by atoms with Crippen molar-refractivity contribution >= 4 is 59.1 Å². The SMILES string of the molecule is c1cc(-c2ccc(-c3ccc4sc5ccccc5c4c3)cc2)cc(-c2nc3c(nc4ccccn43)c3ccccc23)c1. The van der Waals surface area contributed by atoms with Crippen LogP contribution in [0.25, 0.3) is 81.3 Å². The van der Waals surface area contributed by atoms with Gasteiger partial charge in [0.05, 0.1) is 5.69 Å². The summed E-state index contributed by atoms with van der Waals surface area (Å²) in [6.45, 7) is 0. The van der Waals surface area contributed by atoms with Crippen LogP contribution in [0, 0.1) is 0 Å². The van der Waals surface area contributed by atoms with Crippen LogP contribution in [0.4, 0.5) is 0 Å². The van der Waals surface area contributed by atoms with E-state index in [1.807, 2.05) is 35.7 Å². The Hall–Kier alpha value is -5.32. The quantitative estimate of drug-likeness (QED) is 0.218. The van der Waals surface area contributed by atoms with Gasteiger partial charge in [-0.25, -0.2) is 9.97 Å². The summed E-state index contributed by atoms with van der Waals surface area (Å²) in [5.74, 6) is 0. The first-order valence-corrected chi connectivity index (χ1v) is 14.9. The number of benzene rings is 5. The number of nitrogens with zero attached hydrogens (tertiary/aromatic N) is 3. The lowest BCUT2D eigenvalue weighted by atomic mass is 9.96. The van der Waals surface area contributed by atoms with Gasteiger partial charge in [-0.15, -0.1) is 11.3 Å². The molecule has 0 bridgehead atoms. The second-order valence-electron chi connectivity index (χ2n) is 10.7. The monoisotopic (exact) mass is 553 g/mol. The molecule has 0 spiro atoms. The van der Waals surface area contributed by atoms with Crippen LogP contribution in [0.5, 0.6) is 0 Å². The molecule has 0 aliphatic rings. The van der Waals surface area contributed by atoms with Gasteiger partial charge in [0.1, 0.15) is 11.2 Å². The minimum Gasteiger partial charge on any atom is -0.284 e. The molecule has 0 aliphatic heterocycles. The molecule has 0 fully saturated rings. The maximum atomic E-state index is 5.19. The van der Waals surface area contributed by atoms with Crippen molar-refractivity contribution in [2.75, 3.05) is 0 Å². The summed E-state index contributed by atoms with van der Waals surface area (Å²) in [6.07, 6.45) is 2.03.